The summed E-state index contributed by atoms with van der Waals surface area (Å²) in [4.78, 5) is 25.5. The summed E-state index contributed by atoms with van der Waals surface area (Å²) >= 11 is 0. The molecule has 1 N–H and O–H groups in total. The first-order valence-corrected chi connectivity index (χ1v) is 8.30. The van der Waals surface area contributed by atoms with Crippen LogP contribution in [0.15, 0.2) is 12.4 Å². The zero-order valence-corrected chi connectivity index (χ0v) is 16.4. The summed E-state index contributed by atoms with van der Waals surface area (Å²) in [5, 5.41) is 18.3. The number of hydrogen-bond acceptors (Lipinski definition) is 5. The number of rotatable bonds is 7. The Bertz CT molecular complexity index is 588. The number of carboxylic acids is 1. The van der Waals surface area contributed by atoms with Gasteiger partial charge in [0.1, 0.15) is 0 Å². The van der Waals surface area contributed by atoms with Crippen LogP contribution in [0.3, 0.4) is 0 Å². The van der Waals surface area contributed by atoms with Crippen molar-refractivity contribution >= 4 is 11.9 Å². The van der Waals surface area contributed by atoms with Gasteiger partial charge in [0, 0.05) is 25.8 Å². The molecule has 3 rings (SSSR count). The van der Waals surface area contributed by atoms with Gasteiger partial charge in [0.2, 0.25) is 5.91 Å². The van der Waals surface area contributed by atoms with Crippen molar-refractivity contribution in [2.24, 2.45) is 7.05 Å². The Kier molecular flexibility index (Phi) is 6.86. The molecule has 1 saturated carbocycles. The molecule has 0 aromatic carbocycles. The zero-order valence-electron chi connectivity index (χ0n) is 14.4. The Morgan fingerprint density at radius 3 is 2.58 bits per heavy atom. The number of amides is 1. The van der Waals surface area contributed by atoms with Gasteiger partial charge in [-0.05, 0) is 44.1 Å². The van der Waals surface area contributed by atoms with Crippen LogP contribution >= 0.6 is 0 Å². The standard InChI is InChI=1S/C16H24N4O3.Na/c1-19-10-11(9-18-19)3-2-8-17-15(21)13-6-7-14(16(22)23)20(13)12-4-5-12;/h9-10,12-14H,2-8H2,1H3,(H,17,21)(H,22,23);/q;+1/p-1. The van der Waals surface area contributed by atoms with Crippen LogP contribution in [0.2, 0.25) is 0 Å². The maximum Gasteiger partial charge on any atom is 1.00 e. The normalized spacial score (nSPS) is 23.7. The number of carbonyl (C=O) groups excluding carboxylic acids is 2. The van der Waals surface area contributed by atoms with Crippen LogP contribution in [0, 0.1) is 0 Å². The van der Waals surface area contributed by atoms with E-state index in [0.717, 1.165) is 31.2 Å². The van der Waals surface area contributed by atoms with Crippen molar-refractivity contribution in [3.05, 3.63) is 18.0 Å². The molecule has 0 radical (unpaired) electrons. The summed E-state index contributed by atoms with van der Waals surface area (Å²) in [7, 11) is 1.88. The van der Waals surface area contributed by atoms with E-state index in [1.54, 1.807) is 4.68 Å². The second kappa shape index (κ2) is 8.47. The summed E-state index contributed by atoms with van der Waals surface area (Å²) < 4.78 is 1.76. The minimum Gasteiger partial charge on any atom is -0.548 e. The third-order valence-corrected chi connectivity index (χ3v) is 4.68. The number of aromatic nitrogens is 2. The molecule has 126 valence electrons. The van der Waals surface area contributed by atoms with Crippen LogP contribution in [0.4, 0.5) is 0 Å². The SMILES string of the molecule is Cn1cc(CCCNC(=O)C2CCC(C(=O)[O-])N2C2CC2)cn1.[Na+]. The minimum atomic E-state index is -1.05. The predicted octanol–water partition coefficient (Wildman–Crippen LogP) is -3.78. The number of carbonyl (C=O) groups is 2. The average Bonchev–Trinajstić information content (AvgIpc) is 3.11. The van der Waals surface area contributed by atoms with Crippen molar-refractivity contribution in [3.8, 4) is 0 Å². The molecule has 1 aliphatic carbocycles. The molecule has 2 heterocycles. The third-order valence-electron chi connectivity index (χ3n) is 4.68. The zero-order chi connectivity index (χ0) is 16.4. The molecule has 2 aliphatic rings. The van der Waals surface area contributed by atoms with E-state index >= 15 is 0 Å². The fourth-order valence-electron chi connectivity index (χ4n) is 3.44. The number of aliphatic carboxylic acids is 1. The monoisotopic (exact) mass is 342 g/mol. The van der Waals surface area contributed by atoms with Gasteiger partial charge in [-0.15, -0.1) is 0 Å². The van der Waals surface area contributed by atoms with Gasteiger partial charge in [0.15, 0.2) is 0 Å². The van der Waals surface area contributed by atoms with Crippen LogP contribution < -0.4 is 40.0 Å². The van der Waals surface area contributed by atoms with Crippen LogP contribution in [0.25, 0.3) is 0 Å². The number of hydrogen-bond donors (Lipinski definition) is 1. The fourth-order valence-corrected chi connectivity index (χ4v) is 3.44. The van der Waals surface area contributed by atoms with Gasteiger partial charge >= 0.3 is 29.6 Å². The molecule has 1 aliphatic heterocycles. The van der Waals surface area contributed by atoms with Gasteiger partial charge in [-0.1, -0.05) is 0 Å². The first-order valence-electron chi connectivity index (χ1n) is 8.30. The molecule has 1 aromatic heterocycles. The van der Waals surface area contributed by atoms with E-state index in [1.165, 1.54) is 0 Å². The van der Waals surface area contributed by atoms with Gasteiger partial charge in [-0.2, -0.15) is 5.10 Å². The minimum absolute atomic E-state index is 0. The Morgan fingerprint density at radius 1 is 1.29 bits per heavy atom. The van der Waals surface area contributed by atoms with E-state index < -0.39 is 12.0 Å². The molecule has 1 saturated heterocycles. The first kappa shape index (κ1) is 19.4. The Labute approximate surface area is 164 Å². The van der Waals surface area contributed by atoms with E-state index in [2.05, 4.69) is 10.4 Å². The van der Waals surface area contributed by atoms with E-state index in [9.17, 15) is 14.7 Å². The van der Waals surface area contributed by atoms with Crippen molar-refractivity contribution in [1.82, 2.24) is 20.0 Å². The maximum atomic E-state index is 12.4. The second-order valence-electron chi connectivity index (χ2n) is 6.52. The van der Waals surface area contributed by atoms with E-state index in [4.69, 9.17) is 0 Å². The van der Waals surface area contributed by atoms with Gasteiger partial charge in [0.05, 0.1) is 24.2 Å². The summed E-state index contributed by atoms with van der Waals surface area (Å²) in [6.07, 6.45) is 8.58. The van der Waals surface area contributed by atoms with Crippen molar-refractivity contribution < 1.29 is 44.3 Å². The van der Waals surface area contributed by atoms with Crippen molar-refractivity contribution in [2.45, 2.75) is 56.7 Å². The van der Waals surface area contributed by atoms with Gasteiger partial charge in [-0.25, -0.2) is 0 Å². The molecule has 24 heavy (non-hydrogen) atoms. The summed E-state index contributed by atoms with van der Waals surface area (Å²) in [5.74, 6) is -1.10. The molecule has 0 spiro atoms. The molecular weight excluding hydrogens is 319 g/mol. The van der Waals surface area contributed by atoms with Gasteiger partial charge in [-0.3, -0.25) is 14.4 Å². The smallest absolute Gasteiger partial charge is 0.548 e. The number of nitrogens with one attached hydrogen (secondary N) is 1. The maximum absolute atomic E-state index is 12.4. The molecular formula is C16H23N4NaO3. The van der Waals surface area contributed by atoms with Crippen LogP contribution in [-0.2, 0) is 23.1 Å². The van der Waals surface area contributed by atoms with Crippen molar-refractivity contribution in [2.75, 3.05) is 6.54 Å². The topological polar surface area (TPSA) is 90.3 Å². The predicted molar refractivity (Wildman–Crippen MR) is 81.2 cm³/mol. The quantitative estimate of drug-likeness (QED) is 0.406. The largest absolute Gasteiger partial charge is 1.00 e. The van der Waals surface area contributed by atoms with E-state index in [1.807, 2.05) is 24.3 Å². The van der Waals surface area contributed by atoms with Crippen molar-refractivity contribution in [1.29, 1.82) is 0 Å². The molecule has 1 amide bonds. The van der Waals surface area contributed by atoms with Gasteiger partial charge < -0.3 is 15.2 Å². The van der Waals surface area contributed by atoms with E-state index in [-0.39, 0.29) is 47.5 Å². The van der Waals surface area contributed by atoms with E-state index in [0.29, 0.717) is 19.4 Å². The van der Waals surface area contributed by atoms with Crippen LogP contribution in [0.1, 0.15) is 37.7 Å². The summed E-state index contributed by atoms with van der Waals surface area (Å²) in [5.41, 5.74) is 1.15. The Balaban J connectivity index is 0.00000208. The molecule has 7 nitrogen and oxygen atoms in total. The van der Waals surface area contributed by atoms with Crippen LogP contribution in [-0.4, -0.2) is 51.2 Å². The number of nitrogens with zero attached hydrogens (tertiary/aromatic N) is 3. The third kappa shape index (κ3) is 4.59. The summed E-state index contributed by atoms with van der Waals surface area (Å²) in [6.45, 7) is 0.596. The molecule has 1 aromatic rings. The second-order valence-corrected chi connectivity index (χ2v) is 6.52. The molecule has 0 bridgehead atoms. The Hall–Kier alpha value is -0.890. The molecule has 2 fully saturated rings. The number of carboxylic acid groups (broad SMARTS) is 1. The first-order chi connectivity index (χ1) is 11.1. The molecule has 2 atom stereocenters. The van der Waals surface area contributed by atoms with Crippen molar-refractivity contribution in [3.63, 3.8) is 0 Å². The van der Waals surface area contributed by atoms with Gasteiger partial charge in [0.25, 0.3) is 0 Å². The Morgan fingerprint density at radius 2 is 2.00 bits per heavy atom. The number of aryl methyl sites for hydroxylation is 2. The number of likely N-dealkylation sites (tertiary alicyclic amines) is 1. The average molecular weight is 342 g/mol. The molecule has 8 heteroatoms. The van der Waals surface area contributed by atoms with Crippen LogP contribution in [0.5, 0.6) is 0 Å². The summed E-state index contributed by atoms with van der Waals surface area (Å²) in [6, 6.07) is -0.677. The molecule has 2 unspecified atom stereocenters. The fraction of sp³-hybridized carbons (Fsp3) is 0.688.